The van der Waals surface area contributed by atoms with Crippen LogP contribution in [0.4, 0.5) is 4.79 Å². The molecule has 2 amide bonds. The standard InChI is InChI=1S/C14H24N2O4/c1-10(2)5-6-15(11-3-4-11)14(19)16-7-8-20-9-12(16)13(17)18/h10-12H,3-9H2,1-2H3,(H,17,18). The van der Waals surface area contributed by atoms with Gasteiger partial charge in [0.25, 0.3) is 0 Å². The van der Waals surface area contributed by atoms with Gasteiger partial charge in [-0.2, -0.15) is 0 Å². The van der Waals surface area contributed by atoms with Gasteiger partial charge in [0.1, 0.15) is 0 Å². The third kappa shape index (κ3) is 3.62. The van der Waals surface area contributed by atoms with Crippen LogP contribution in [0.2, 0.25) is 0 Å². The molecule has 0 bridgehead atoms. The van der Waals surface area contributed by atoms with Crippen molar-refractivity contribution in [1.29, 1.82) is 0 Å². The van der Waals surface area contributed by atoms with Gasteiger partial charge in [-0.25, -0.2) is 9.59 Å². The number of carbonyl (C=O) groups excluding carboxylic acids is 1. The van der Waals surface area contributed by atoms with Crippen LogP contribution in [0.5, 0.6) is 0 Å². The molecule has 0 spiro atoms. The summed E-state index contributed by atoms with van der Waals surface area (Å²) < 4.78 is 5.18. The van der Waals surface area contributed by atoms with Crippen LogP contribution in [0.15, 0.2) is 0 Å². The number of ether oxygens (including phenoxy) is 1. The van der Waals surface area contributed by atoms with E-state index in [-0.39, 0.29) is 12.6 Å². The second-order valence-corrected chi connectivity index (χ2v) is 6.01. The Labute approximate surface area is 119 Å². The number of amides is 2. The fraction of sp³-hybridized carbons (Fsp3) is 0.857. The van der Waals surface area contributed by atoms with Crippen molar-refractivity contribution in [3.8, 4) is 0 Å². The van der Waals surface area contributed by atoms with E-state index in [9.17, 15) is 14.7 Å². The summed E-state index contributed by atoms with van der Waals surface area (Å²) in [5, 5.41) is 9.22. The summed E-state index contributed by atoms with van der Waals surface area (Å²) in [5.74, 6) is -0.457. The van der Waals surface area contributed by atoms with E-state index in [1.807, 2.05) is 4.90 Å². The van der Waals surface area contributed by atoms with Crippen molar-refractivity contribution in [1.82, 2.24) is 9.80 Å². The summed E-state index contributed by atoms with van der Waals surface area (Å²) in [6.45, 7) is 5.84. The van der Waals surface area contributed by atoms with Gasteiger partial charge in [-0.15, -0.1) is 0 Å². The highest BCUT2D eigenvalue weighted by Crippen LogP contribution is 2.29. The van der Waals surface area contributed by atoms with Crippen LogP contribution in [0.1, 0.15) is 33.1 Å². The number of hydrogen-bond donors (Lipinski definition) is 1. The molecule has 1 aliphatic heterocycles. The summed E-state index contributed by atoms with van der Waals surface area (Å²) in [6, 6.07) is -0.682. The van der Waals surface area contributed by atoms with E-state index in [4.69, 9.17) is 4.74 Å². The fourth-order valence-corrected chi connectivity index (χ4v) is 2.42. The molecule has 2 rings (SSSR count). The summed E-state index contributed by atoms with van der Waals surface area (Å²) in [5.41, 5.74) is 0. The molecule has 1 saturated heterocycles. The highest BCUT2D eigenvalue weighted by molar-refractivity contribution is 5.83. The molecule has 1 heterocycles. The van der Waals surface area contributed by atoms with Crippen LogP contribution in [0.25, 0.3) is 0 Å². The first-order valence-corrected chi connectivity index (χ1v) is 7.38. The lowest BCUT2D eigenvalue weighted by Crippen LogP contribution is -2.57. The van der Waals surface area contributed by atoms with Gasteiger partial charge in [0.15, 0.2) is 6.04 Å². The van der Waals surface area contributed by atoms with Gasteiger partial charge in [-0.1, -0.05) is 13.8 Å². The van der Waals surface area contributed by atoms with Gasteiger partial charge in [0, 0.05) is 19.1 Å². The highest BCUT2D eigenvalue weighted by Gasteiger charge is 2.39. The van der Waals surface area contributed by atoms with E-state index in [0.717, 1.165) is 19.3 Å². The van der Waals surface area contributed by atoms with Crippen LogP contribution in [0, 0.1) is 5.92 Å². The van der Waals surface area contributed by atoms with Crippen molar-refractivity contribution < 1.29 is 19.4 Å². The molecule has 1 N–H and O–H groups in total. The number of aliphatic carboxylic acids is 1. The van der Waals surface area contributed by atoms with Crippen LogP contribution < -0.4 is 0 Å². The first-order chi connectivity index (χ1) is 9.50. The van der Waals surface area contributed by atoms with Gasteiger partial charge in [0.2, 0.25) is 0 Å². The van der Waals surface area contributed by atoms with Crippen molar-refractivity contribution in [2.24, 2.45) is 5.92 Å². The fourth-order valence-electron chi connectivity index (χ4n) is 2.42. The number of morpholine rings is 1. The van der Waals surface area contributed by atoms with Crippen LogP contribution in [-0.2, 0) is 9.53 Å². The monoisotopic (exact) mass is 284 g/mol. The quantitative estimate of drug-likeness (QED) is 0.828. The molecular formula is C14H24N2O4. The highest BCUT2D eigenvalue weighted by atomic mass is 16.5. The topological polar surface area (TPSA) is 70.1 Å². The molecule has 1 unspecified atom stereocenters. The van der Waals surface area contributed by atoms with Crippen LogP contribution in [-0.4, -0.2) is 65.3 Å². The number of carbonyl (C=O) groups is 2. The van der Waals surface area contributed by atoms with Gasteiger partial charge in [-0.05, 0) is 25.2 Å². The first-order valence-electron chi connectivity index (χ1n) is 7.38. The predicted octanol–water partition coefficient (Wildman–Crippen LogP) is 1.40. The van der Waals surface area contributed by atoms with Crippen LogP contribution in [0.3, 0.4) is 0 Å². The van der Waals surface area contributed by atoms with Crippen molar-refractivity contribution in [3.63, 3.8) is 0 Å². The average Bonchev–Trinajstić information content (AvgIpc) is 3.23. The Hall–Kier alpha value is -1.30. The van der Waals surface area contributed by atoms with Gasteiger partial charge < -0.3 is 19.6 Å². The van der Waals surface area contributed by atoms with Crippen molar-refractivity contribution >= 4 is 12.0 Å². The summed E-state index contributed by atoms with van der Waals surface area (Å²) in [7, 11) is 0. The zero-order valence-corrected chi connectivity index (χ0v) is 12.2. The molecule has 114 valence electrons. The van der Waals surface area contributed by atoms with E-state index < -0.39 is 12.0 Å². The third-order valence-electron chi connectivity index (χ3n) is 3.84. The minimum atomic E-state index is -0.988. The predicted molar refractivity (Wildman–Crippen MR) is 73.5 cm³/mol. The number of hydrogen-bond acceptors (Lipinski definition) is 3. The molecule has 1 atom stereocenters. The number of rotatable bonds is 5. The third-order valence-corrected chi connectivity index (χ3v) is 3.84. The van der Waals surface area contributed by atoms with Gasteiger partial charge in [0.05, 0.1) is 13.2 Å². The zero-order valence-electron chi connectivity index (χ0n) is 12.2. The van der Waals surface area contributed by atoms with E-state index in [0.29, 0.717) is 31.7 Å². The number of nitrogens with zero attached hydrogens (tertiary/aromatic N) is 2. The Kier molecular flexibility index (Phi) is 4.86. The smallest absolute Gasteiger partial charge is 0.328 e. The van der Waals surface area contributed by atoms with Crippen molar-refractivity contribution in [2.75, 3.05) is 26.3 Å². The first kappa shape index (κ1) is 15.1. The maximum Gasteiger partial charge on any atom is 0.328 e. The van der Waals surface area contributed by atoms with Crippen molar-refractivity contribution in [2.45, 2.75) is 45.2 Å². The van der Waals surface area contributed by atoms with E-state index in [1.165, 1.54) is 4.90 Å². The lowest BCUT2D eigenvalue weighted by molar-refractivity contribution is -0.147. The van der Waals surface area contributed by atoms with Gasteiger partial charge >= 0.3 is 12.0 Å². The molecule has 2 aliphatic rings. The Balaban J connectivity index is 2.03. The minimum Gasteiger partial charge on any atom is -0.480 e. The normalized spacial score (nSPS) is 22.9. The molecule has 0 aromatic heterocycles. The van der Waals surface area contributed by atoms with Crippen LogP contribution >= 0.6 is 0 Å². The number of urea groups is 1. The molecule has 1 saturated carbocycles. The maximum atomic E-state index is 12.6. The van der Waals surface area contributed by atoms with Gasteiger partial charge in [-0.3, -0.25) is 0 Å². The summed E-state index contributed by atoms with van der Waals surface area (Å²) >= 11 is 0. The largest absolute Gasteiger partial charge is 0.480 e. The molecule has 0 radical (unpaired) electrons. The molecule has 0 aromatic carbocycles. The summed E-state index contributed by atoms with van der Waals surface area (Å²) in [6.07, 6.45) is 3.02. The lowest BCUT2D eigenvalue weighted by atomic mass is 10.1. The second-order valence-electron chi connectivity index (χ2n) is 6.01. The molecule has 6 nitrogen and oxygen atoms in total. The number of carboxylic acids is 1. The molecule has 1 aliphatic carbocycles. The molecule has 6 heteroatoms. The SMILES string of the molecule is CC(C)CCN(C(=O)N1CCOCC1C(=O)O)C1CC1. The minimum absolute atomic E-state index is 0.0871. The Morgan fingerprint density at radius 2 is 2.10 bits per heavy atom. The van der Waals surface area contributed by atoms with E-state index >= 15 is 0 Å². The van der Waals surface area contributed by atoms with E-state index in [1.54, 1.807) is 0 Å². The molecular weight excluding hydrogens is 260 g/mol. The molecule has 0 aromatic rings. The average molecular weight is 284 g/mol. The Bertz CT molecular complexity index is 368. The summed E-state index contributed by atoms with van der Waals surface area (Å²) in [4.78, 5) is 27.2. The zero-order chi connectivity index (χ0) is 14.7. The Morgan fingerprint density at radius 3 is 2.65 bits per heavy atom. The lowest BCUT2D eigenvalue weighted by Gasteiger charge is -2.37. The molecule has 2 fully saturated rings. The van der Waals surface area contributed by atoms with Crippen molar-refractivity contribution in [3.05, 3.63) is 0 Å². The Morgan fingerprint density at radius 1 is 1.40 bits per heavy atom. The van der Waals surface area contributed by atoms with E-state index in [2.05, 4.69) is 13.8 Å². The maximum absolute atomic E-state index is 12.6. The number of carboxylic acid groups (broad SMARTS) is 1. The second kappa shape index (κ2) is 6.43. The molecule has 20 heavy (non-hydrogen) atoms.